The molecule has 0 aliphatic rings. The third kappa shape index (κ3) is 28.4. The van der Waals surface area contributed by atoms with Crippen LogP contribution in [0.4, 0.5) is 0 Å². The Bertz CT molecular complexity index is 2060. The van der Waals surface area contributed by atoms with Crippen LogP contribution in [0.25, 0.3) is 0 Å². The number of hydrogen-bond donors (Lipinski definition) is 0. The smallest absolute Gasteiger partial charge is 0.270 e. The summed E-state index contributed by atoms with van der Waals surface area (Å²) in [4.78, 5) is 0. The molecule has 4 rings (SSSR count). The minimum absolute atomic E-state index is 0.200. The van der Waals surface area contributed by atoms with Gasteiger partial charge in [-0.3, -0.25) is 0 Å². The zero-order chi connectivity index (χ0) is 57.1. The van der Waals surface area contributed by atoms with Crippen LogP contribution in [0.15, 0.2) is 192 Å². The molecule has 18 heteroatoms. The van der Waals surface area contributed by atoms with E-state index in [2.05, 4.69) is 300 Å². The van der Waals surface area contributed by atoms with Gasteiger partial charge in [0.15, 0.2) is 16.6 Å². The molecule has 4 aromatic carbocycles. The van der Waals surface area contributed by atoms with E-state index in [1.165, 1.54) is 44.9 Å². The van der Waals surface area contributed by atoms with Crippen LogP contribution in [0.5, 0.6) is 0 Å². The molecular formula is C57H106O6Si12. The van der Waals surface area contributed by atoms with Gasteiger partial charge >= 0.3 is 0 Å². The predicted octanol–water partition coefficient (Wildman–Crippen LogP) is 8.85. The highest BCUT2D eigenvalue weighted by molar-refractivity contribution is 7.03. The molecule has 0 saturated heterocycles. The van der Waals surface area contributed by atoms with Gasteiger partial charge in [-0.15, -0.1) is 0 Å². The van der Waals surface area contributed by atoms with Gasteiger partial charge in [0.25, 0.3) is 16.6 Å². The fourth-order valence-corrected chi connectivity index (χ4v) is 35.4. The number of allylic oxidation sites excluding steroid dienone is 6. The van der Waals surface area contributed by atoms with Crippen LogP contribution in [0.1, 0.15) is 69.2 Å². The second kappa shape index (κ2) is 43.6. The molecule has 0 saturated carbocycles. The molecule has 6 nitrogen and oxygen atoms in total. The molecule has 0 radical (unpaired) electrons. The summed E-state index contributed by atoms with van der Waals surface area (Å²) in [7, 11) is -8.03. The van der Waals surface area contributed by atoms with Gasteiger partial charge < -0.3 is 24.7 Å². The summed E-state index contributed by atoms with van der Waals surface area (Å²) in [5, 5.41) is 5.27. The van der Waals surface area contributed by atoms with Gasteiger partial charge in [-0.2, -0.15) is 0 Å². The summed E-state index contributed by atoms with van der Waals surface area (Å²) in [5.74, 6) is 0. The van der Waals surface area contributed by atoms with Crippen molar-refractivity contribution in [2.24, 2.45) is 0 Å². The first-order chi connectivity index (χ1) is 35.9. The van der Waals surface area contributed by atoms with E-state index < -0.39 is 59.7 Å². The van der Waals surface area contributed by atoms with Gasteiger partial charge in [-0.05, 0) is 113 Å². The first-order valence-electron chi connectivity index (χ1n) is 27.5. The molecule has 4 aromatic rings. The number of rotatable bonds is 23. The lowest BCUT2D eigenvalue weighted by Crippen LogP contribution is -2.60. The summed E-state index contributed by atoms with van der Waals surface area (Å²) in [6.07, 6.45) is 12.7. The van der Waals surface area contributed by atoms with Gasteiger partial charge in [-0.25, -0.2) is 0 Å². The summed E-state index contributed by atoms with van der Waals surface area (Å²) in [6, 6.07) is 47.4. The van der Waals surface area contributed by atoms with E-state index in [4.69, 9.17) is 24.7 Å². The summed E-state index contributed by atoms with van der Waals surface area (Å²) < 4.78 is 35.2. The summed E-state index contributed by atoms with van der Waals surface area (Å²) in [6.45, 7) is 36.8. The van der Waals surface area contributed by atoms with Gasteiger partial charge in [0.05, 0.1) is 0 Å². The van der Waals surface area contributed by atoms with Crippen LogP contribution in [0.2, 0.25) is 70.0 Å². The molecule has 0 aromatic heterocycles. The molecular weight excluding hydrogens is 1120 g/mol. The maximum absolute atomic E-state index is 6.43. The largest absolute Gasteiger partial charge is 0.461 e. The zero-order valence-electron chi connectivity index (χ0n) is 50.9. The average molecular weight is 1220 g/mol. The van der Waals surface area contributed by atoms with E-state index in [1.54, 1.807) is 0 Å². The summed E-state index contributed by atoms with van der Waals surface area (Å²) in [5.41, 5.74) is 13.6. The Kier molecular flexibility index (Phi) is 43.4. The van der Waals surface area contributed by atoms with Crippen LogP contribution < -0.4 is 20.7 Å². The van der Waals surface area contributed by atoms with E-state index in [-0.39, 0.29) is 19.5 Å². The second-order valence-corrected chi connectivity index (χ2v) is 49.4. The van der Waals surface area contributed by atoms with Crippen molar-refractivity contribution in [2.45, 2.75) is 139 Å². The number of hydrogen-bond acceptors (Lipinski definition) is 6. The van der Waals surface area contributed by atoms with Gasteiger partial charge in [0.1, 0.15) is 60.7 Å². The molecule has 75 heavy (non-hydrogen) atoms. The van der Waals surface area contributed by atoms with Crippen LogP contribution in [-0.2, 0) is 24.7 Å². The van der Waals surface area contributed by atoms with E-state index in [1.807, 2.05) is 6.92 Å². The average Bonchev–Trinajstić information content (AvgIpc) is 3.43. The lowest BCUT2D eigenvalue weighted by atomic mass is 10.4. The van der Waals surface area contributed by atoms with Crippen molar-refractivity contribution >= 4 is 131 Å². The topological polar surface area (TPSA) is 55.4 Å². The molecule has 0 aliphatic carbocycles. The van der Waals surface area contributed by atoms with E-state index in [9.17, 15) is 0 Å². The third-order valence-electron chi connectivity index (χ3n) is 12.7. The summed E-state index contributed by atoms with van der Waals surface area (Å²) >= 11 is 0. The quantitative estimate of drug-likeness (QED) is 0.0693. The molecule has 0 bridgehead atoms. The molecule has 0 heterocycles. The van der Waals surface area contributed by atoms with Gasteiger partial charge in [0.2, 0.25) is 16.6 Å². The standard InChI is InChI=1S/C16H20OSi2.C15H18OSi2.C8H20OSi2.C7H18OSi2.C6H16OSi2.C5H14OSi2/c1-3-14-19(17-18-2,15-10-6-4-7-11-15)16-12-8-5-9-13-16;1-2-13-18(16-17,14-9-5-3-6-10-14)15-11-7-4-8-12-15;1-5-8-11(6-2,7-3)9-10-4;1-4-7-10(5-2,6-3)8-9;1-5-6-9(3,4)7-8-2;1-4-5-8(2,3)6-7/h3-14H,18H2,1-2H3;2-13H,1,17H3;5,8H,6-7,10H2,1-4H3;4,7H,5-6H2,1-3,9H3;5-6H,8H2,1-4H3;4-5H,1-3,7H3. The van der Waals surface area contributed by atoms with Crippen LogP contribution in [-0.4, -0.2) is 111 Å². The normalized spacial score (nSPS) is 13.0. The van der Waals surface area contributed by atoms with Crippen LogP contribution >= 0.6 is 0 Å². The second-order valence-electron chi connectivity index (χ2n) is 18.6. The van der Waals surface area contributed by atoms with Crippen LogP contribution in [0, 0.1) is 0 Å². The minimum atomic E-state index is -2.17. The predicted molar refractivity (Wildman–Crippen MR) is 373 cm³/mol. The van der Waals surface area contributed by atoms with Crippen LogP contribution in [0.3, 0.4) is 0 Å². The van der Waals surface area contributed by atoms with Crippen molar-refractivity contribution in [3.8, 4) is 0 Å². The molecule has 0 amide bonds. The SMILES string of the molecule is CC=C[Si](C)(C)O[SiH2]C.CC=C[Si](C)(C)O[SiH3].CC=C[Si](CC)(CC)O[SiH2]C.CC=C[Si](CC)(CC)O[SiH3].CC=C[Si](O[SiH2]C)(c1ccccc1)c1ccccc1.CC=C[Si](O[SiH3])(c1ccccc1)c1ccccc1. The van der Waals surface area contributed by atoms with Crippen molar-refractivity contribution in [2.75, 3.05) is 0 Å². The minimum Gasteiger partial charge on any atom is -0.461 e. The van der Waals surface area contributed by atoms with E-state index >= 15 is 0 Å². The Morgan fingerprint density at radius 2 is 0.640 bits per heavy atom. The fraction of sp³-hybridized carbons (Fsp3) is 0.368. The van der Waals surface area contributed by atoms with Crippen molar-refractivity contribution in [1.82, 2.24) is 0 Å². The molecule has 0 aliphatic heterocycles. The van der Waals surface area contributed by atoms with E-state index in [0.29, 0.717) is 0 Å². The molecule has 0 N–H and O–H groups in total. The van der Waals surface area contributed by atoms with Crippen molar-refractivity contribution in [3.63, 3.8) is 0 Å². The maximum Gasteiger partial charge on any atom is 0.270 e. The maximum atomic E-state index is 6.43. The van der Waals surface area contributed by atoms with Gasteiger partial charge in [0, 0.05) is 0 Å². The highest BCUT2D eigenvalue weighted by Crippen LogP contribution is 2.18. The molecule has 418 valence electrons. The Labute approximate surface area is 483 Å². The fourth-order valence-electron chi connectivity index (χ4n) is 8.44. The molecule has 0 atom stereocenters. The molecule has 0 fully saturated rings. The first-order valence-corrected chi connectivity index (χ1v) is 50.7. The lowest BCUT2D eigenvalue weighted by Gasteiger charge is -2.29. The van der Waals surface area contributed by atoms with Crippen molar-refractivity contribution in [3.05, 3.63) is 192 Å². The van der Waals surface area contributed by atoms with Gasteiger partial charge in [-0.1, -0.05) is 239 Å². The molecule has 0 unspecified atom stereocenters. The Morgan fingerprint density at radius 3 is 0.880 bits per heavy atom. The van der Waals surface area contributed by atoms with Crippen molar-refractivity contribution in [1.29, 1.82) is 0 Å². The highest BCUT2D eigenvalue weighted by atomic mass is 28.4. The lowest BCUT2D eigenvalue weighted by molar-refractivity contribution is 0.589. The van der Waals surface area contributed by atoms with E-state index in [0.717, 1.165) is 31.5 Å². The monoisotopic (exact) mass is 1220 g/mol. The highest BCUT2D eigenvalue weighted by Gasteiger charge is 2.36. The van der Waals surface area contributed by atoms with Crippen molar-refractivity contribution < 1.29 is 24.7 Å². The third-order valence-corrected chi connectivity index (χ3v) is 48.6. The first kappa shape index (κ1) is 74.8. The number of benzene rings is 4. The Morgan fingerprint density at radius 1 is 0.347 bits per heavy atom. The Balaban J connectivity index is 0. The molecule has 0 spiro atoms. The zero-order valence-corrected chi connectivity index (χ0v) is 67.1. The Hall–Kier alpha value is -2.32.